The number of carbonyl (C=O) groups excluding carboxylic acids is 1. The Morgan fingerprint density at radius 1 is 1.90 bits per heavy atom. The Balaban J connectivity index is 2.61. The van der Waals surface area contributed by atoms with Gasteiger partial charge in [-0.15, -0.1) is 11.6 Å². The number of alkyl halides is 1. The fourth-order valence-electron chi connectivity index (χ4n) is 0.728. The van der Waals surface area contributed by atoms with E-state index in [4.69, 9.17) is 16.8 Å². The molecule has 1 heterocycles. The quantitative estimate of drug-likeness (QED) is 0.263. The molecule has 56 valence electrons. The molecule has 1 aliphatic heterocycles. The molecule has 0 bridgehead atoms. The lowest BCUT2D eigenvalue weighted by Gasteiger charge is -1.99. The number of rotatable bonds is 1. The van der Waals surface area contributed by atoms with Gasteiger partial charge in [-0.3, -0.25) is 0 Å². The highest BCUT2D eigenvalue weighted by atomic mass is 35.5. The van der Waals surface area contributed by atoms with E-state index >= 15 is 0 Å². The van der Waals surface area contributed by atoms with Crippen LogP contribution in [0.5, 0.6) is 0 Å². The molecule has 1 saturated heterocycles. The monoisotopic (exact) mass is 163 g/mol. The highest BCUT2D eigenvalue weighted by Crippen LogP contribution is 2.12. The fraction of sp³-hybridized carbons (Fsp3) is 0.600. The van der Waals surface area contributed by atoms with E-state index in [1.165, 1.54) is 0 Å². The Morgan fingerprint density at radius 2 is 2.60 bits per heavy atom. The molecule has 0 aromatic rings. The highest BCUT2D eigenvalue weighted by Gasteiger charge is 2.30. The summed E-state index contributed by atoms with van der Waals surface area (Å²) in [6.45, 7) is 0. The number of nitrogens with zero attached hydrogens (tertiary/aromatic N) is 1. The van der Waals surface area contributed by atoms with E-state index in [2.05, 4.69) is 9.89 Å². The summed E-state index contributed by atoms with van der Waals surface area (Å²) in [5.74, 6) is -0.335. The Labute approximate surface area is 62.4 Å². The first kappa shape index (κ1) is 7.34. The normalized spacial score (nSPS) is 29.1. The van der Waals surface area contributed by atoms with Crippen LogP contribution in [0.1, 0.15) is 6.42 Å². The molecule has 0 amide bonds. The molecular formula is C5H6ClNO3. The molecule has 0 radical (unpaired) electrons. The average Bonchev–Trinajstić information content (AvgIpc) is 2.30. The summed E-state index contributed by atoms with van der Waals surface area (Å²) >= 11 is 5.38. The Bertz CT molecular complexity index is 180. The molecule has 4 nitrogen and oxygen atoms in total. The number of ether oxygens (including phenoxy) is 1. The van der Waals surface area contributed by atoms with Crippen LogP contribution in [-0.2, 0) is 9.53 Å². The zero-order chi connectivity index (χ0) is 7.56. The van der Waals surface area contributed by atoms with Gasteiger partial charge in [0.2, 0.25) is 0 Å². The summed E-state index contributed by atoms with van der Waals surface area (Å²) in [4.78, 5) is 10.6. The molecule has 1 atom stereocenters. The molecule has 0 aromatic carbocycles. The first-order chi connectivity index (χ1) is 4.77. The van der Waals surface area contributed by atoms with Crippen molar-refractivity contribution in [1.29, 1.82) is 0 Å². The highest BCUT2D eigenvalue weighted by molar-refractivity contribution is 6.38. The molecule has 1 aliphatic rings. The third-order valence-corrected chi connectivity index (χ3v) is 1.57. The lowest BCUT2D eigenvalue weighted by atomic mass is 10.2. The van der Waals surface area contributed by atoms with Crippen LogP contribution in [0.3, 0.4) is 0 Å². The van der Waals surface area contributed by atoms with E-state index in [1.807, 2.05) is 0 Å². The van der Waals surface area contributed by atoms with E-state index < -0.39 is 5.97 Å². The van der Waals surface area contributed by atoms with Crippen molar-refractivity contribution in [3.63, 3.8) is 0 Å². The summed E-state index contributed by atoms with van der Waals surface area (Å²) in [6, 6.07) is 0. The molecule has 0 spiro atoms. The minimum absolute atomic E-state index is 0.0469. The van der Waals surface area contributed by atoms with Crippen molar-refractivity contribution in [1.82, 2.24) is 0 Å². The molecule has 1 rings (SSSR count). The van der Waals surface area contributed by atoms with E-state index in [9.17, 15) is 4.79 Å². The Kier molecular flexibility index (Phi) is 2.11. The number of carbonyl (C=O) groups is 1. The van der Waals surface area contributed by atoms with E-state index in [-0.39, 0.29) is 17.7 Å². The largest absolute Gasteiger partial charge is 0.456 e. The molecule has 10 heavy (non-hydrogen) atoms. The predicted molar refractivity (Wildman–Crippen MR) is 34.4 cm³/mol. The van der Waals surface area contributed by atoms with Gasteiger partial charge in [0, 0.05) is 6.42 Å². The van der Waals surface area contributed by atoms with Crippen molar-refractivity contribution < 1.29 is 14.7 Å². The van der Waals surface area contributed by atoms with Crippen LogP contribution in [0.15, 0.2) is 5.16 Å². The third-order valence-electron chi connectivity index (χ3n) is 1.22. The van der Waals surface area contributed by atoms with Crippen molar-refractivity contribution in [2.75, 3.05) is 5.88 Å². The second-order valence-electron chi connectivity index (χ2n) is 1.93. The lowest BCUT2D eigenvalue weighted by molar-refractivity contribution is -0.136. The van der Waals surface area contributed by atoms with Gasteiger partial charge < -0.3 is 9.94 Å². The molecule has 1 fully saturated rings. The Morgan fingerprint density at radius 3 is 2.90 bits per heavy atom. The van der Waals surface area contributed by atoms with Gasteiger partial charge in [0.1, 0.15) is 6.10 Å². The van der Waals surface area contributed by atoms with Gasteiger partial charge in [-0.05, 0) is 0 Å². The summed E-state index contributed by atoms with van der Waals surface area (Å²) < 4.78 is 4.65. The van der Waals surface area contributed by atoms with Crippen LogP contribution >= 0.6 is 11.6 Å². The molecule has 1 N–H and O–H groups in total. The van der Waals surface area contributed by atoms with Crippen molar-refractivity contribution in [3.8, 4) is 0 Å². The topological polar surface area (TPSA) is 58.9 Å². The van der Waals surface area contributed by atoms with Crippen LogP contribution in [0, 0.1) is 0 Å². The number of halogens is 1. The van der Waals surface area contributed by atoms with Crippen LogP contribution in [0.2, 0.25) is 0 Å². The van der Waals surface area contributed by atoms with Crippen molar-refractivity contribution in [2.45, 2.75) is 12.5 Å². The van der Waals surface area contributed by atoms with Gasteiger partial charge in [0.15, 0.2) is 5.71 Å². The van der Waals surface area contributed by atoms with Gasteiger partial charge in [-0.1, -0.05) is 5.16 Å². The number of hydrogen-bond donors (Lipinski definition) is 1. The van der Waals surface area contributed by atoms with Gasteiger partial charge in [-0.2, -0.15) is 0 Å². The summed E-state index contributed by atoms with van der Waals surface area (Å²) in [7, 11) is 0. The Hall–Kier alpha value is -0.770. The maximum atomic E-state index is 10.6. The van der Waals surface area contributed by atoms with Crippen molar-refractivity contribution >= 4 is 23.3 Å². The summed E-state index contributed by atoms with van der Waals surface area (Å²) in [6.07, 6.45) is -0.0150. The summed E-state index contributed by atoms with van der Waals surface area (Å²) in [5.41, 5.74) is 0.0469. The molecule has 0 aliphatic carbocycles. The van der Waals surface area contributed by atoms with Crippen LogP contribution in [0.4, 0.5) is 0 Å². The van der Waals surface area contributed by atoms with Gasteiger partial charge in [0.05, 0.1) is 5.88 Å². The van der Waals surface area contributed by atoms with Crippen LogP contribution < -0.4 is 0 Å². The molecule has 0 saturated carbocycles. The SMILES string of the molecule is O=C1OC(CCl)C/C1=N\O. The molecule has 0 aromatic heterocycles. The fourth-order valence-corrected chi connectivity index (χ4v) is 0.900. The zero-order valence-corrected chi connectivity index (χ0v) is 5.84. The number of hydrogen-bond acceptors (Lipinski definition) is 4. The second-order valence-corrected chi connectivity index (χ2v) is 2.24. The first-order valence-electron chi connectivity index (χ1n) is 2.75. The lowest BCUT2D eigenvalue weighted by Crippen LogP contribution is -2.07. The number of esters is 1. The smallest absolute Gasteiger partial charge is 0.356 e. The van der Waals surface area contributed by atoms with Gasteiger partial charge in [0.25, 0.3) is 0 Å². The van der Waals surface area contributed by atoms with Crippen LogP contribution in [0.25, 0.3) is 0 Å². The zero-order valence-electron chi connectivity index (χ0n) is 5.08. The standard InChI is InChI=1S/C5H6ClNO3/c6-2-3-1-4(7-9)5(8)10-3/h3,9H,1-2H2/b7-4+. The first-order valence-corrected chi connectivity index (χ1v) is 3.29. The van der Waals surface area contributed by atoms with E-state index in [0.717, 1.165) is 0 Å². The molecule has 1 unspecified atom stereocenters. The number of oxime groups is 1. The second kappa shape index (κ2) is 2.88. The molecular weight excluding hydrogens is 158 g/mol. The third kappa shape index (κ3) is 1.21. The van der Waals surface area contributed by atoms with Gasteiger partial charge in [-0.25, -0.2) is 4.79 Å². The molecule has 5 heteroatoms. The van der Waals surface area contributed by atoms with Crippen molar-refractivity contribution in [2.24, 2.45) is 5.16 Å². The maximum Gasteiger partial charge on any atom is 0.356 e. The minimum Gasteiger partial charge on any atom is -0.456 e. The van der Waals surface area contributed by atoms with Crippen molar-refractivity contribution in [3.05, 3.63) is 0 Å². The van der Waals surface area contributed by atoms with E-state index in [1.54, 1.807) is 0 Å². The minimum atomic E-state index is -0.576. The average molecular weight is 164 g/mol. The predicted octanol–water partition coefficient (Wildman–Crippen LogP) is 0.371. The van der Waals surface area contributed by atoms with E-state index in [0.29, 0.717) is 6.42 Å². The number of cyclic esters (lactones) is 1. The summed E-state index contributed by atoms with van der Waals surface area (Å²) in [5, 5.41) is 10.9. The van der Waals surface area contributed by atoms with Crippen LogP contribution in [-0.4, -0.2) is 28.9 Å². The van der Waals surface area contributed by atoms with Gasteiger partial charge >= 0.3 is 5.97 Å². The maximum absolute atomic E-state index is 10.6.